The third-order valence-corrected chi connectivity index (χ3v) is 1.43. The number of nitrogen functional groups attached to an aromatic ring is 1. The van der Waals surface area contributed by atoms with E-state index in [4.69, 9.17) is 5.73 Å². The van der Waals surface area contributed by atoms with Crippen LogP contribution in [0.5, 0.6) is 0 Å². The molecule has 0 fully saturated rings. The highest BCUT2D eigenvalue weighted by atomic mass is 14.5. The predicted molar refractivity (Wildman–Crippen MR) is 74.4 cm³/mol. The van der Waals surface area contributed by atoms with Gasteiger partial charge in [-0.1, -0.05) is 59.2 Å². The van der Waals surface area contributed by atoms with Crippen molar-refractivity contribution < 1.29 is 0 Å². The molecule has 1 rings (SSSR count). The summed E-state index contributed by atoms with van der Waals surface area (Å²) in [5.41, 5.74) is 8.89. The standard InChI is InChI=1S/C8H11N.3C2H6/c1-6-3-4-8(9)7(2)5-6;3*1-2/h3-5H,9H2,1-2H3;3*1-2H3. The van der Waals surface area contributed by atoms with E-state index in [1.807, 2.05) is 60.6 Å². The molecule has 0 radical (unpaired) electrons. The molecule has 0 aromatic heterocycles. The quantitative estimate of drug-likeness (QED) is 0.603. The van der Waals surface area contributed by atoms with Gasteiger partial charge in [0.2, 0.25) is 0 Å². The summed E-state index contributed by atoms with van der Waals surface area (Å²) in [6.45, 7) is 16.1. The first-order valence-electron chi connectivity index (χ1n) is 6.03. The number of rotatable bonds is 0. The van der Waals surface area contributed by atoms with E-state index >= 15 is 0 Å². The van der Waals surface area contributed by atoms with Crippen molar-refractivity contribution in [2.75, 3.05) is 5.73 Å². The Morgan fingerprint density at radius 1 is 0.800 bits per heavy atom. The third-order valence-electron chi connectivity index (χ3n) is 1.43. The Kier molecular flexibility index (Phi) is 20.2. The van der Waals surface area contributed by atoms with Crippen LogP contribution in [0.1, 0.15) is 52.7 Å². The van der Waals surface area contributed by atoms with Gasteiger partial charge in [0.25, 0.3) is 0 Å². The number of hydrogen-bond donors (Lipinski definition) is 1. The summed E-state index contributed by atoms with van der Waals surface area (Å²) in [6, 6.07) is 6.03. The van der Waals surface area contributed by atoms with Crippen LogP contribution in [0.25, 0.3) is 0 Å². The van der Waals surface area contributed by atoms with E-state index < -0.39 is 0 Å². The molecule has 0 bridgehead atoms. The minimum Gasteiger partial charge on any atom is -0.399 e. The van der Waals surface area contributed by atoms with Crippen molar-refractivity contribution in [2.45, 2.75) is 55.4 Å². The maximum Gasteiger partial charge on any atom is 0.0343 e. The second-order valence-corrected chi connectivity index (χ2v) is 2.36. The summed E-state index contributed by atoms with van der Waals surface area (Å²) in [4.78, 5) is 0. The predicted octanol–water partition coefficient (Wildman–Crippen LogP) is 4.96. The summed E-state index contributed by atoms with van der Waals surface area (Å²) in [6.07, 6.45) is 0. The van der Waals surface area contributed by atoms with E-state index in [1.54, 1.807) is 0 Å². The summed E-state index contributed by atoms with van der Waals surface area (Å²) < 4.78 is 0. The zero-order chi connectivity index (χ0) is 12.9. The van der Waals surface area contributed by atoms with Gasteiger partial charge in [-0.25, -0.2) is 0 Å². The van der Waals surface area contributed by atoms with E-state index in [2.05, 4.69) is 13.0 Å². The maximum atomic E-state index is 5.59. The van der Waals surface area contributed by atoms with Gasteiger partial charge in [0, 0.05) is 5.69 Å². The fourth-order valence-electron chi connectivity index (χ4n) is 0.826. The second kappa shape index (κ2) is 15.5. The topological polar surface area (TPSA) is 26.0 Å². The minimum absolute atomic E-state index is 0.876. The molecule has 0 amide bonds. The highest BCUT2D eigenvalue weighted by Gasteiger charge is 1.89. The van der Waals surface area contributed by atoms with Crippen molar-refractivity contribution >= 4 is 5.69 Å². The largest absolute Gasteiger partial charge is 0.399 e. The van der Waals surface area contributed by atoms with E-state index in [0.29, 0.717) is 0 Å². The molecule has 0 aliphatic rings. The normalized spacial score (nSPS) is 6.93. The molecule has 1 aromatic rings. The molecule has 0 saturated carbocycles. The first-order valence-corrected chi connectivity index (χ1v) is 6.03. The first-order chi connectivity index (χ1) is 7.20. The van der Waals surface area contributed by atoms with Gasteiger partial charge in [-0.2, -0.15) is 0 Å². The fraction of sp³-hybridized carbons (Fsp3) is 0.571. The number of anilines is 1. The van der Waals surface area contributed by atoms with Crippen molar-refractivity contribution in [3.63, 3.8) is 0 Å². The number of aryl methyl sites for hydroxylation is 2. The Labute approximate surface area is 96.7 Å². The lowest BCUT2D eigenvalue weighted by Gasteiger charge is -1.98. The summed E-state index contributed by atoms with van der Waals surface area (Å²) >= 11 is 0. The molecule has 1 heteroatoms. The monoisotopic (exact) mass is 211 g/mol. The number of benzene rings is 1. The molecule has 1 aromatic carbocycles. The Morgan fingerprint density at radius 3 is 1.47 bits per heavy atom. The van der Waals surface area contributed by atoms with Crippen LogP contribution < -0.4 is 5.73 Å². The molecule has 1 nitrogen and oxygen atoms in total. The van der Waals surface area contributed by atoms with E-state index in [-0.39, 0.29) is 0 Å². The Bertz CT molecular complexity index is 217. The molecule has 0 aliphatic carbocycles. The number of nitrogens with two attached hydrogens (primary N) is 1. The van der Waals surface area contributed by atoms with Crippen molar-refractivity contribution in [1.29, 1.82) is 0 Å². The van der Waals surface area contributed by atoms with E-state index in [1.165, 1.54) is 5.56 Å². The zero-order valence-electron chi connectivity index (χ0n) is 11.8. The van der Waals surface area contributed by atoms with Gasteiger partial charge in [0.15, 0.2) is 0 Å². The highest BCUT2D eigenvalue weighted by molar-refractivity contribution is 5.47. The van der Waals surface area contributed by atoms with Gasteiger partial charge >= 0.3 is 0 Å². The maximum absolute atomic E-state index is 5.59. The Balaban J connectivity index is -0.000000208. The van der Waals surface area contributed by atoms with Crippen LogP contribution in [0.4, 0.5) is 5.69 Å². The lowest BCUT2D eigenvalue weighted by molar-refractivity contribution is 1.39. The van der Waals surface area contributed by atoms with Gasteiger partial charge in [-0.3, -0.25) is 0 Å². The third kappa shape index (κ3) is 10.9. The van der Waals surface area contributed by atoms with Gasteiger partial charge in [0.05, 0.1) is 0 Å². The van der Waals surface area contributed by atoms with Crippen LogP contribution in [0.15, 0.2) is 18.2 Å². The molecule has 90 valence electrons. The second-order valence-electron chi connectivity index (χ2n) is 2.36. The van der Waals surface area contributed by atoms with Gasteiger partial charge in [-0.15, -0.1) is 0 Å². The Morgan fingerprint density at radius 2 is 1.20 bits per heavy atom. The molecule has 0 atom stereocenters. The summed E-state index contributed by atoms with van der Waals surface area (Å²) in [5.74, 6) is 0. The van der Waals surface area contributed by atoms with Crippen LogP contribution in [-0.2, 0) is 0 Å². The molecule has 15 heavy (non-hydrogen) atoms. The van der Waals surface area contributed by atoms with E-state index in [0.717, 1.165) is 11.3 Å². The molecule has 0 aliphatic heterocycles. The summed E-state index contributed by atoms with van der Waals surface area (Å²) in [5, 5.41) is 0. The van der Waals surface area contributed by atoms with Crippen LogP contribution in [-0.4, -0.2) is 0 Å². The smallest absolute Gasteiger partial charge is 0.0343 e. The average molecular weight is 211 g/mol. The highest BCUT2D eigenvalue weighted by Crippen LogP contribution is 2.10. The molecule has 0 heterocycles. The SMILES string of the molecule is CC.CC.CC.Cc1ccc(N)c(C)c1. The lowest BCUT2D eigenvalue weighted by atomic mass is 10.1. The Hall–Kier alpha value is -0.980. The molecule has 0 saturated heterocycles. The van der Waals surface area contributed by atoms with E-state index in [9.17, 15) is 0 Å². The van der Waals surface area contributed by atoms with Gasteiger partial charge in [-0.05, 0) is 25.5 Å². The van der Waals surface area contributed by atoms with Crippen LogP contribution in [0, 0.1) is 13.8 Å². The van der Waals surface area contributed by atoms with Crippen molar-refractivity contribution in [3.8, 4) is 0 Å². The molecular formula is C14H29N. The average Bonchev–Trinajstić information content (AvgIpc) is 2.32. The molecule has 2 N–H and O–H groups in total. The molecular weight excluding hydrogens is 182 g/mol. The van der Waals surface area contributed by atoms with Crippen LogP contribution in [0.2, 0.25) is 0 Å². The summed E-state index contributed by atoms with van der Waals surface area (Å²) in [7, 11) is 0. The first kappa shape index (κ1) is 19.6. The van der Waals surface area contributed by atoms with Crippen molar-refractivity contribution in [3.05, 3.63) is 29.3 Å². The zero-order valence-corrected chi connectivity index (χ0v) is 11.8. The van der Waals surface area contributed by atoms with Crippen LogP contribution >= 0.6 is 0 Å². The number of hydrogen-bond acceptors (Lipinski definition) is 1. The van der Waals surface area contributed by atoms with Crippen molar-refractivity contribution in [1.82, 2.24) is 0 Å². The van der Waals surface area contributed by atoms with Gasteiger partial charge < -0.3 is 5.73 Å². The molecule has 0 unspecified atom stereocenters. The van der Waals surface area contributed by atoms with Crippen LogP contribution in [0.3, 0.4) is 0 Å². The lowest BCUT2D eigenvalue weighted by Crippen LogP contribution is -1.88. The minimum atomic E-state index is 0.876. The molecule has 0 spiro atoms. The fourth-order valence-corrected chi connectivity index (χ4v) is 0.826. The van der Waals surface area contributed by atoms with Gasteiger partial charge in [0.1, 0.15) is 0 Å². The van der Waals surface area contributed by atoms with Crippen molar-refractivity contribution in [2.24, 2.45) is 0 Å².